The van der Waals surface area contributed by atoms with Gasteiger partial charge in [0.1, 0.15) is 17.7 Å². The molecular weight excluding hydrogens is 432 g/mol. The van der Waals surface area contributed by atoms with Crippen LogP contribution in [-0.4, -0.2) is 47.7 Å². The van der Waals surface area contributed by atoms with Crippen LogP contribution < -0.4 is 4.90 Å². The van der Waals surface area contributed by atoms with E-state index in [2.05, 4.69) is 0 Å². The summed E-state index contributed by atoms with van der Waals surface area (Å²) in [5.41, 5.74) is 0.699. The van der Waals surface area contributed by atoms with E-state index < -0.39 is 35.7 Å². The van der Waals surface area contributed by atoms with Gasteiger partial charge in [0.15, 0.2) is 0 Å². The van der Waals surface area contributed by atoms with Gasteiger partial charge in [0, 0.05) is 11.4 Å². The standard InChI is InChI=1S/C27H36N2O5/c1-19(2)18-23(25(31)33-7)29(26(32)34-27(4,5)6)24(30)20(3)28(21-14-10-8-11-15-21)22-16-12-9-13-17-22/h8-17,19-20,23H,18H2,1-7H3/t20?,23-/m0/s1. The summed E-state index contributed by atoms with van der Waals surface area (Å²) in [6.45, 7) is 10.7. The molecule has 0 spiro atoms. The maximum Gasteiger partial charge on any atom is 0.417 e. The average molecular weight is 469 g/mol. The van der Waals surface area contributed by atoms with Crippen LogP contribution in [0.15, 0.2) is 60.7 Å². The van der Waals surface area contributed by atoms with Crippen LogP contribution in [0.4, 0.5) is 16.2 Å². The zero-order chi connectivity index (χ0) is 25.5. The van der Waals surface area contributed by atoms with Gasteiger partial charge in [-0.15, -0.1) is 0 Å². The van der Waals surface area contributed by atoms with E-state index in [9.17, 15) is 14.4 Å². The summed E-state index contributed by atoms with van der Waals surface area (Å²) >= 11 is 0. The maximum absolute atomic E-state index is 14.0. The SMILES string of the molecule is COC(=O)[C@H](CC(C)C)N(C(=O)OC(C)(C)C)C(=O)C(C)N(c1ccccc1)c1ccccc1. The lowest BCUT2D eigenvalue weighted by Gasteiger charge is -2.37. The first kappa shape index (κ1) is 26.9. The number of hydrogen-bond acceptors (Lipinski definition) is 6. The lowest BCUT2D eigenvalue weighted by Crippen LogP contribution is -2.56. The van der Waals surface area contributed by atoms with Crippen molar-refractivity contribution in [3.05, 3.63) is 60.7 Å². The van der Waals surface area contributed by atoms with Crippen LogP contribution in [0.25, 0.3) is 0 Å². The molecule has 34 heavy (non-hydrogen) atoms. The third-order valence-corrected chi connectivity index (χ3v) is 5.12. The van der Waals surface area contributed by atoms with Crippen LogP contribution in [0, 0.1) is 5.92 Å². The second kappa shape index (κ2) is 11.7. The molecule has 0 heterocycles. The summed E-state index contributed by atoms with van der Waals surface area (Å²) in [5, 5.41) is 0. The fourth-order valence-electron chi connectivity index (χ4n) is 3.66. The van der Waals surface area contributed by atoms with E-state index >= 15 is 0 Å². The molecule has 0 fully saturated rings. The van der Waals surface area contributed by atoms with Gasteiger partial charge in [0.05, 0.1) is 7.11 Å². The highest BCUT2D eigenvalue weighted by atomic mass is 16.6. The average Bonchev–Trinajstić information content (AvgIpc) is 2.78. The Bertz CT molecular complexity index is 914. The van der Waals surface area contributed by atoms with E-state index in [1.54, 1.807) is 27.7 Å². The molecule has 2 atom stereocenters. The number of esters is 1. The number of hydrogen-bond donors (Lipinski definition) is 0. The topological polar surface area (TPSA) is 76.1 Å². The molecule has 0 aliphatic carbocycles. The number of imide groups is 1. The number of benzene rings is 2. The van der Waals surface area contributed by atoms with Crippen molar-refractivity contribution in [3.8, 4) is 0 Å². The molecule has 0 aromatic heterocycles. The molecule has 0 N–H and O–H groups in total. The van der Waals surface area contributed by atoms with Crippen LogP contribution in [0.1, 0.15) is 48.0 Å². The van der Waals surface area contributed by atoms with Gasteiger partial charge in [-0.25, -0.2) is 14.5 Å². The highest BCUT2D eigenvalue weighted by molar-refractivity contribution is 6.01. The van der Waals surface area contributed by atoms with Crippen LogP contribution >= 0.6 is 0 Å². The van der Waals surface area contributed by atoms with Gasteiger partial charge in [-0.2, -0.15) is 0 Å². The normalized spacial score (nSPS) is 13.1. The molecule has 7 nitrogen and oxygen atoms in total. The molecule has 1 unspecified atom stereocenters. The molecule has 184 valence electrons. The Labute approximate surface area is 202 Å². The number of anilines is 2. The highest BCUT2D eigenvalue weighted by Gasteiger charge is 2.42. The number of carbonyl (C=O) groups excluding carboxylic acids is 3. The Kier molecular flexibility index (Phi) is 9.24. The first-order valence-corrected chi connectivity index (χ1v) is 11.5. The van der Waals surface area contributed by atoms with Crippen LogP contribution in [0.2, 0.25) is 0 Å². The fourth-order valence-corrected chi connectivity index (χ4v) is 3.66. The Hall–Kier alpha value is -3.35. The molecule has 0 aliphatic rings. The molecule has 0 saturated heterocycles. The summed E-state index contributed by atoms with van der Waals surface area (Å²) in [5.74, 6) is -1.19. The second-order valence-corrected chi connectivity index (χ2v) is 9.57. The minimum Gasteiger partial charge on any atom is -0.467 e. The quantitative estimate of drug-likeness (QED) is 0.472. The Morgan fingerprint density at radius 1 is 0.853 bits per heavy atom. The number of methoxy groups -OCH3 is 1. The van der Waals surface area contributed by atoms with Crippen molar-refractivity contribution in [1.29, 1.82) is 0 Å². The van der Waals surface area contributed by atoms with Gasteiger partial charge in [-0.1, -0.05) is 50.2 Å². The number of carbonyl (C=O) groups is 3. The molecule has 0 aliphatic heterocycles. The van der Waals surface area contributed by atoms with Crippen molar-refractivity contribution < 1.29 is 23.9 Å². The van der Waals surface area contributed by atoms with Crippen molar-refractivity contribution in [2.75, 3.05) is 12.0 Å². The van der Waals surface area contributed by atoms with E-state index in [0.29, 0.717) is 0 Å². The van der Waals surface area contributed by atoms with E-state index in [4.69, 9.17) is 9.47 Å². The van der Waals surface area contributed by atoms with Crippen molar-refractivity contribution in [2.45, 2.75) is 65.6 Å². The summed E-state index contributed by atoms with van der Waals surface area (Å²) < 4.78 is 10.5. The monoisotopic (exact) mass is 468 g/mol. The van der Waals surface area contributed by atoms with E-state index in [1.807, 2.05) is 79.4 Å². The summed E-state index contributed by atoms with van der Waals surface area (Å²) in [6.07, 6.45) is -0.623. The molecule has 0 saturated carbocycles. The zero-order valence-electron chi connectivity index (χ0n) is 21.1. The largest absolute Gasteiger partial charge is 0.467 e. The van der Waals surface area contributed by atoms with Crippen LogP contribution in [0.5, 0.6) is 0 Å². The lowest BCUT2D eigenvalue weighted by atomic mass is 10.0. The number of nitrogens with zero attached hydrogens (tertiary/aromatic N) is 2. The van der Waals surface area contributed by atoms with Crippen LogP contribution in [0.3, 0.4) is 0 Å². The van der Waals surface area contributed by atoms with Crippen molar-refractivity contribution >= 4 is 29.3 Å². The number of ether oxygens (including phenoxy) is 2. The molecule has 2 aromatic rings. The predicted molar refractivity (Wildman–Crippen MR) is 133 cm³/mol. The smallest absolute Gasteiger partial charge is 0.417 e. The molecular formula is C27H36N2O5. The van der Waals surface area contributed by atoms with Crippen molar-refractivity contribution in [1.82, 2.24) is 4.90 Å². The number of para-hydroxylation sites is 2. The molecule has 2 rings (SSSR count). The predicted octanol–water partition coefficient (Wildman–Crippen LogP) is 5.56. The third kappa shape index (κ3) is 7.07. The molecule has 0 bridgehead atoms. The van der Waals surface area contributed by atoms with Gasteiger partial charge in [-0.3, -0.25) is 4.79 Å². The van der Waals surface area contributed by atoms with Crippen molar-refractivity contribution in [3.63, 3.8) is 0 Å². The van der Waals surface area contributed by atoms with Gasteiger partial charge in [-0.05, 0) is 64.3 Å². The maximum atomic E-state index is 14.0. The first-order valence-electron chi connectivity index (χ1n) is 11.5. The molecule has 2 amide bonds. The molecule has 2 aromatic carbocycles. The third-order valence-electron chi connectivity index (χ3n) is 5.12. The van der Waals surface area contributed by atoms with Crippen LogP contribution in [-0.2, 0) is 19.1 Å². The van der Waals surface area contributed by atoms with E-state index in [0.717, 1.165) is 16.3 Å². The second-order valence-electron chi connectivity index (χ2n) is 9.57. The minimum absolute atomic E-state index is 0.0245. The Morgan fingerprint density at radius 2 is 1.32 bits per heavy atom. The van der Waals surface area contributed by atoms with Gasteiger partial charge < -0.3 is 14.4 Å². The first-order chi connectivity index (χ1) is 16.0. The molecule has 0 radical (unpaired) electrons. The zero-order valence-corrected chi connectivity index (χ0v) is 21.1. The minimum atomic E-state index is -1.11. The van der Waals surface area contributed by atoms with E-state index in [-0.39, 0.29) is 12.3 Å². The summed E-state index contributed by atoms with van der Waals surface area (Å²) in [4.78, 5) is 42.8. The van der Waals surface area contributed by atoms with Gasteiger partial charge in [0.2, 0.25) is 0 Å². The fraction of sp³-hybridized carbons (Fsp3) is 0.444. The van der Waals surface area contributed by atoms with Crippen molar-refractivity contribution in [2.24, 2.45) is 5.92 Å². The molecule has 7 heteroatoms. The Balaban J connectivity index is 2.57. The Morgan fingerprint density at radius 3 is 1.71 bits per heavy atom. The highest BCUT2D eigenvalue weighted by Crippen LogP contribution is 2.29. The van der Waals surface area contributed by atoms with E-state index in [1.165, 1.54) is 7.11 Å². The number of amides is 2. The van der Waals surface area contributed by atoms with Gasteiger partial charge in [0.25, 0.3) is 5.91 Å². The van der Waals surface area contributed by atoms with Gasteiger partial charge >= 0.3 is 12.1 Å². The lowest BCUT2D eigenvalue weighted by molar-refractivity contribution is -0.153. The summed E-state index contributed by atoms with van der Waals surface area (Å²) in [7, 11) is 1.25. The number of rotatable bonds is 8. The summed E-state index contributed by atoms with van der Waals surface area (Å²) in [6, 6.07) is 16.9.